The SMILES string of the molecule is C=C(CCCCCl)c1cc(C#N)ccc1NC.CC. The van der Waals surface area contributed by atoms with Crippen LogP contribution in [-0.4, -0.2) is 12.9 Å². The first-order valence-corrected chi connectivity index (χ1v) is 7.22. The molecule has 0 radical (unpaired) electrons. The maximum absolute atomic E-state index is 8.90. The average molecular weight is 279 g/mol. The fourth-order valence-electron chi connectivity index (χ4n) is 1.69. The molecule has 0 saturated heterocycles. The second-order valence-electron chi connectivity index (χ2n) is 3.87. The summed E-state index contributed by atoms with van der Waals surface area (Å²) in [6, 6.07) is 7.76. The summed E-state index contributed by atoms with van der Waals surface area (Å²) in [6.45, 7) is 8.09. The van der Waals surface area contributed by atoms with Crippen molar-refractivity contribution in [3.63, 3.8) is 0 Å². The van der Waals surface area contributed by atoms with Crippen molar-refractivity contribution in [1.29, 1.82) is 5.26 Å². The maximum Gasteiger partial charge on any atom is 0.0991 e. The number of allylic oxidation sites excluding steroid dienone is 1. The van der Waals surface area contributed by atoms with Crippen molar-refractivity contribution in [3.05, 3.63) is 35.9 Å². The Balaban J connectivity index is 0.00000154. The van der Waals surface area contributed by atoms with Crippen LogP contribution < -0.4 is 5.32 Å². The number of hydrogen-bond acceptors (Lipinski definition) is 2. The Morgan fingerprint density at radius 2 is 2.05 bits per heavy atom. The lowest BCUT2D eigenvalue weighted by molar-refractivity contribution is 0.830. The van der Waals surface area contributed by atoms with Crippen molar-refractivity contribution < 1.29 is 0 Å². The van der Waals surface area contributed by atoms with E-state index in [2.05, 4.69) is 18.0 Å². The van der Waals surface area contributed by atoms with Gasteiger partial charge in [0.1, 0.15) is 0 Å². The van der Waals surface area contributed by atoms with Gasteiger partial charge in [0.2, 0.25) is 0 Å². The van der Waals surface area contributed by atoms with E-state index in [0.29, 0.717) is 11.4 Å². The largest absolute Gasteiger partial charge is 0.388 e. The zero-order valence-electron chi connectivity index (χ0n) is 12.1. The van der Waals surface area contributed by atoms with Crippen molar-refractivity contribution in [3.8, 4) is 6.07 Å². The molecule has 1 rings (SSSR count). The first-order chi connectivity index (χ1) is 9.22. The van der Waals surface area contributed by atoms with Crippen LogP contribution >= 0.6 is 11.6 Å². The molecule has 1 aromatic carbocycles. The molecule has 0 saturated carbocycles. The minimum absolute atomic E-state index is 0.664. The van der Waals surface area contributed by atoms with Gasteiger partial charge in [-0.1, -0.05) is 20.4 Å². The number of unbranched alkanes of at least 4 members (excludes halogenated alkanes) is 1. The van der Waals surface area contributed by atoms with E-state index >= 15 is 0 Å². The number of anilines is 1. The molecule has 19 heavy (non-hydrogen) atoms. The number of alkyl halides is 1. The van der Waals surface area contributed by atoms with Crippen LogP contribution in [0.5, 0.6) is 0 Å². The Morgan fingerprint density at radius 3 is 2.58 bits per heavy atom. The highest BCUT2D eigenvalue weighted by Gasteiger charge is 2.06. The number of nitrogens with one attached hydrogen (secondary N) is 1. The van der Waals surface area contributed by atoms with E-state index in [9.17, 15) is 0 Å². The van der Waals surface area contributed by atoms with E-state index in [4.69, 9.17) is 16.9 Å². The Morgan fingerprint density at radius 1 is 1.37 bits per heavy atom. The van der Waals surface area contributed by atoms with Gasteiger partial charge in [-0.2, -0.15) is 5.26 Å². The molecule has 2 nitrogen and oxygen atoms in total. The molecule has 0 heterocycles. The summed E-state index contributed by atoms with van der Waals surface area (Å²) in [5, 5.41) is 12.0. The number of rotatable bonds is 6. The molecule has 0 aliphatic carbocycles. The molecule has 0 unspecified atom stereocenters. The number of nitriles is 1. The van der Waals surface area contributed by atoms with Gasteiger partial charge in [-0.3, -0.25) is 0 Å². The highest BCUT2D eigenvalue weighted by Crippen LogP contribution is 2.27. The lowest BCUT2D eigenvalue weighted by Gasteiger charge is -2.12. The molecule has 0 bridgehead atoms. The minimum Gasteiger partial charge on any atom is -0.388 e. The average Bonchev–Trinajstić information content (AvgIpc) is 2.48. The summed E-state index contributed by atoms with van der Waals surface area (Å²) in [5.41, 5.74) is 3.76. The van der Waals surface area contributed by atoms with Gasteiger partial charge in [-0.15, -0.1) is 11.6 Å². The van der Waals surface area contributed by atoms with Crippen LogP contribution in [0.15, 0.2) is 24.8 Å². The molecular weight excluding hydrogens is 256 g/mol. The van der Waals surface area contributed by atoms with Crippen molar-refractivity contribution in [1.82, 2.24) is 0 Å². The Labute approximate surface area is 122 Å². The van der Waals surface area contributed by atoms with E-state index in [1.807, 2.05) is 33.0 Å². The van der Waals surface area contributed by atoms with Crippen LogP contribution in [0.25, 0.3) is 5.57 Å². The second kappa shape index (κ2) is 10.5. The van der Waals surface area contributed by atoms with Crippen LogP contribution in [0, 0.1) is 11.3 Å². The van der Waals surface area contributed by atoms with E-state index < -0.39 is 0 Å². The van der Waals surface area contributed by atoms with E-state index in [0.717, 1.165) is 36.1 Å². The first kappa shape index (κ1) is 17.5. The topological polar surface area (TPSA) is 35.8 Å². The lowest BCUT2D eigenvalue weighted by Crippen LogP contribution is -1.96. The summed E-state index contributed by atoms with van der Waals surface area (Å²) >= 11 is 5.65. The molecule has 1 N–H and O–H groups in total. The highest BCUT2D eigenvalue weighted by atomic mass is 35.5. The van der Waals surface area contributed by atoms with Crippen LogP contribution in [0.3, 0.4) is 0 Å². The lowest BCUT2D eigenvalue weighted by atomic mass is 9.98. The van der Waals surface area contributed by atoms with Gasteiger partial charge in [0.05, 0.1) is 11.6 Å². The number of hydrogen-bond donors (Lipinski definition) is 1. The maximum atomic E-state index is 8.90. The zero-order chi connectivity index (χ0) is 14.7. The summed E-state index contributed by atoms with van der Waals surface area (Å²) < 4.78 is 0. The third kappa shape index (κ3) is 5.81. The molecule has 0 atom stereocenters. The molecule has 0 fully saturated rings. The Kier molecular flexibility index (Phi) is 9.66. The predicted molar refractivity (Wildman–Crippen MR) is 85.7 cm³/mol. The van der Waals surface area contributed by atoms with Crippen LogP contribution in [0.2, 0.25) is 0 Å². The Hall–Kier alpha value is -1.46. The van der Waals surface area contributed by atoms with Crippen molar-refractivity contribution in [2.24, 2.45) is 0 Å². The van der Waals surface area contributed by atoms with Gasteiger partial charge in [0.15, 0.2) is 0 Å². The fourth-order valence-corrected chi connectivity index (χ4v) is 1.88. The summed E-state index contributed by atoms with van der Waals surface area (Å²) in [5.74, 6) is 0.685. The smallest absolute Gasteiger partial charge is 0.0991 e. The molecule has 0 amide bonds. The predicted octanol–water partition coefficient (Wildman–Crippen LogP) is 5.05. The molecule has 104 valence electrons. The molecular formula is C16H23ClN2. The van der Waals surface area contributed by atoms with Crippen molar-refractivity contribution >= 4 is 22.9 Å². The van der Waals surface area contributed by atoms with E-state index in [-0.39, 0.29) is 0 Å². The zero-order valence-corrected chi connectivity index (χ0v) is 12.8. The van der Waals surface area contributed by atoms with Crippen LogP contribution in [0.4, 0.5) is 5.69 Å². The third-order valence-corrected chi connectivity index (χ3v) is 2.93. The molecule has 0 spiro atoms. The van der Waals surface area contributed by atoms with Gasteiger partial charge in [0.25, 0.3) is 0 Å². The summed E-state index contributed by atoms with van der Waals surface area (Å²) in [7, 11) is 1.87. The monoisotopic (exact) mass is 278 g/mol. The fraction of sp³-hybridized carbons (Fsp3) is 0.438. The molecule has 0 aromatic heterocycles. The Bertz CT molecular complexity index is 433. The number of nitrogens with zero attached hydrogens (tertiary/aromatic N) is 1. The van der Waals surface area contributed by atoms with Crippen LogP contribution in [-0.2, 0) is 0 Å². The minimum atomic E-state index is 0.664. The summed E-state index contributed by atoms with van der Waals surface area (Å²) in [4.78, 5) is 0. The van der Waals surface area contributed by atoms with E-state index in [1.165, 1.54) is 0 Å². The van der Waals surface area contributed by atoms with Gasteiger partial charge in [0, 0.05) is 24.2 Å². The number of benzene rings is 1. The molecule has 1 aromatic rings. The van der Waals surface area contributed by atoms with Gasteiger partial charge < -0.3 is 5.32 Å². The quantitative estimate of drug-likeness (QED) is 0.584. The molecule has 0 aliphatic heterocycles. The van der Waals surface area contributed by atoms with Gasteiger partial charge >= 0.3 is 0 Å². The molecule has 3 heteroatoms. The standard InChI is InChI=1S/C14H17ClN2.C2H6/c1-11(5-3-4-8-15)13-9-12(10-16)6-7-14(13)17-2;1-2/h6-7,9,17H,1,3-5,8H2,2H3;1-2H3. The normalized spacial score (nSPS) is 9.00. The number of halogens is 1. The van der Waals surface area contributed by atoms with E-state index in [1.54, 1.807) is 6.07 Å². The first-order valence-electron chi connectivity index (χ1n) is 6.69. The second-order valence-corrected chi connectivity index (χ2v) is 4.25. The third-order valence-electron chi connectivity index (χ3n) is 2.66. The van der Waals surface area contributed by atoms with Crippen molar-refractivity contribution in [2.45, 2.75) is 33.1 Å². The van der Waals surface area contributed by atoms with Crippen molar-refractivity contribution in [2.75, 3.05) is 18.2 Å². The van der Waals surface area contributed by atoms with Gasteiger partial charge in [-0.25, -0.2) is 0 Å². The molecule has 0 aliphatic rings. The summed E-state index contributed by atoms with van der Waals surface area (Å²) in [6.07, 6.45) is 2.94. The van der Waals surface area contributed by atoms with Gasteiger partial charge in [-0.05, 0) is 43.0 Å². The highest BCUT2D eigenvalue weighted by molar-refractivity contribution is 6.17. The van der Waals surface area contributed by atoms with Crippen LogP contribution in [0.1, 0.15) is 44.2 Å².